The first-order chi connectivity index (χ1) is 15.0. The highest BCUT2D eigenvalue weighted by Gasteiger charge is 2.23. The Labute approximate surface area is 183 Å². The third-order valence-electron chi connectivity index (χ3n) is 4.88. The van der Waals surface area contributed by atoms with Crippen LogP contribution in [0.15, 0.2) is 78.3 Å². The third kappa shape index (κ3) is 4.54. The zero-order valence-electron chi connectivity index (χ0n) is 16.8. The average Bonchev–Trinajstić information content (AvgIpc) is 3.44. The fraction of sp³-hybridized carbons (Fsp3) is 0.130. The maximum atomic E-state index is 13.3. The number of thiophene rings is 1. The van der Waals surface area contributed by atoms with Crippen molar-refractivity contribution in [3.8, 4) is 10.6 Å². The van der Waals surface area contributed by atoms with E-state index in [-0.39, 0.29) is 18.1 Å². The molecule has 156 valence electrons. The number of nitro groups is 1. The largest absolute Gasteiger partial charge is 0.337 e. The monoisotopic (exact) mass is 432 g/mol. The number of hydrogen-bond acceptors (Lipinski definition) is 5. The van der Waals surface area contributed by atoms with E-state index in [0.29, 0.717) is 23.4 Å². The van der Waals surface area contributed by atoms with Crippen LogP contribution in [0, 0.1) is 10.1 Å². The summed E-state index contributed by atoms with van der Waals surface area (Å²) in [5, 5.41) is 17.9. The number of rotatable bonds is 7. The van der Waals surface area contributed by atoms with Gasteiger partial charge in [0, 0.05) is 24.9 Å². The molecule has 0 N–H and O–H groups in total. The molecule has 0 saturated heterocycles. The van der Waals surface area contributed by atoms with Crippen LogP contribution in [0.4, 0.5) is 5.69 Å². The number of aromatic nitrogens is 2. The number of benzene rings is 2. The van der Waals surface area contributed by atoms with Crippen LogP contribution in [0.2, 0.25) is 0 Å². The van der Waals surface area contributed by atoms with Gasteiger partial charge in [0.2, 0.25) is 0 Å². The lowest BCUT2D eigenvalue weighted by Gasteiger charge is -2.17. The van der Waals surface area contributed by atoms with Crippen molar-refractivity contribution in [2.75, 3.05) is 7.05 Å². The molecule has 7 nitrogen and oxygen atoms in total. The van der Waals surface area contributed by atoms with Gasteiger partial charge in [0.25, 0.3) is 11.6 Å². The molecule has 2 aromatic heterocycles. The zero-order chi connectivity index (χ0) is 21.8. The predicted octanol–water partition coefficient (Wildman–Crippen LogP) is 4.84. The van der Waals surface area contributed by atoms with Crippen LogP contribution in [0.3, 0.4) is 0 Å². The third-order valence-corrected chi connectivity index (χ3v) is 5.75. The molecule has 2 aromatic carbocycles. The van der Waals surface area contributed by atoms with Crippen LogP contribution in [0.1, 0.15) is 21.5 Å². The van der Waals surface area contributed by atoms with Gasteiger partial charge in [-0.15, -0.1) is 11.3 Å². The second-order valence-corrected chi connectivity index (χ2v) is 8.05. The molecular formula is C23H20N4O3S. The second kappa shape index (κ2) is 8.93. The van der Waals surface area contributed by atoms with Gasteiger partial charge in [0.15, 0.2) is 0 Å². The summed E-state index contributed by atoms with van der Waals surface area (Å²) in [4.78, 5) is 26.6. The van der Waals surface area contributed by atoms with E-state index in [0.717, 1.165) is 10.4 Å². The van der Waals surface area contributed by atoms with E-state index in [4.69, 9.17) is 0 Å². The number of hydrogen-bond donors (Lipinski definition) is 0. The lowest BCUT2D eigenvalue weighted by atomic mass is 10.1. The maximum absolute atomic E-state index is 13.3. The molecule has 0 aliphatic carbocycles. The minimum absolute atomic E-state index is 0.000373. The van der Waals surface area contributed by atoms with Crippen LogP contribution in [-0.4, -0.2) is 32.6 Å². The molecule has 0 bridgehead atoms. The fourth-order valence-electron chi connectivity index (χ4n) is 3.38. The number of nitrogens with zero attached hydrogens (tertiary/aromatic N) is 4. The summed E-state index contributed by atoms with van der Waals surface area (Å²) in [6.07, 6.45) is 1.75. The Hall–Kier alpha value is -3.78. The molecule has 0 spiro atoms. The predicted molar refractivity (Wildman–Crippen MR) is 120 cm³/mol. The Bertz CT molecular complexity index is 1200. The Balaban J connectivity index is 1.64. The van der Waals surface area contributed by atoms with Crippen molar-refractivity contribution in [1.82, 2.24) is 14.7 Å². The van der Waals surface area contributed by atoms with Gasteiger partial charge in [0.1, 0.15) is 5.69 Å². The number of carbonyl (C=O) groups excluding carboxylic acids is 1. The molecule has 0 aliphatic heterocycles. The summed E-state index contributed by atoms with van der Waals surface area (Å²) in [6, 6.07) is 20.2. The maximum Gasteiger partial charge on any atom is 0.274 e. The Morgan fingerprint density at radius 1 is 1.10 bits per heavy atom. The van der Waals surface area contributed by atoms with Crippen molar-refractivity contribution in [3.63, 3.8) is 0 Å². The number of carbonyl (C=O) groups is 1. The molecular weight excluding hydrogens is 412 g/mol. The van der Waals surface area contributed by atoms with E-state index in [2.05, 4.69) is 5.10 Å². The molecule has 4 rings (SSSR count). The van der Waals surface area contributed by atoms with E-state index < -0.39 is 4.92 Å². The smallest absolute Gasteiger partial charge is 0.274 e. The molecule has 0 unspecified atom stereocenters. The van der Waals surface area contributed by atoms with Crippen LogP contribution >= 0.6 is 11.3 Å². The summed E-state index contributed by atoms with van der Waals surface area (Å²) in [5.41, 5.74) is 2.65. The molecule has 31 heavy (non-hydrogen) atoms. The molecule has 8 heteroatoms. The first-order valence-corrected chi connectivity index (χ1v) is 10.5. The van der Waals surface area contributed by atoms with Gasteiger partial charge < -0.3 is 4.90 Å². The number of nitro benzene ring substituents is 1. The van der Waals surface area contributed by atoms with Gasteiger partial charge in [0.05, 0.1) is 28.5 Å². The zero-order valence-corrected chi connectivity index (χ0v) is 17.7. The van der Waals surface area contributed by atoms with Gasteiger partial charge in [-0.2, -0.15) is 5.10 Å². The first kappa shape index (κ1) is 20.5. The van der Waals surface area contributed by atoms with E-state index in [9.17, 15) is 14.9 Å². The van der Waals surface area contributed by atoms with Gasteiger partial charge in [-0.05, 0) is 17.0 Å². The Kier molecular flexibility index (Phi) is 5.90. The molecule has 4 aromatic rings. The van der Waals surface area contributed by atoms with Crippen molar-refractivity contribution in [2.45, 2.75) is 13.1 Å². The standard InChI is InChI=1S/C23H20N4O3S/c1-25(15-18-10-5-6-11-20(18)27(29)30)23(28)19-16-26(14-17-8-3-2-4-9-17)24-22(19)21-12-7-13-31-21/h2-13,16H,14-15H2,1H3. The van der Waals surface area contributed by atoms with Crippen LogP contribution in [0.5, 0.6) is 0 Å². The SMILES string of the molecule is CN(Cc1ccccc1[N+](=O)[O-])C(=O)c1cn(Cc2ccccc2)nc1-c1cccs1. The quantitative estimate of drug-likeness (QED) is 0.309. The van der Waals surface area contributed by atoms with Gasteiger partial charge >= 0.3 is 0 Å². The molecule has 0 fully saturated rings. The van der Waals surface area contributed by atoms with E-state index in [1.165, 1.54) is 22.3 Å². The highest BCUT2D eigenvalue weighted by Crippen LogP contribution is 2.28. The van der Waals surface area contributed by atoms with Crippen molar-refractivity contribution >= 4 is 22.9 Å². The lowest BCUT2D eigenvalue weighted by Crippen LogP contribution is -2.26. The van der Waals surface area contributed by atoms with Gasteiger partial charge in [-0.25, -0.2) is 0 Å². The number of amides is 1. The van der Waals surface area contributed by atoms with E-state index >= 15 is 0 Å². The molecule has 0 radical (unpaired) electrons. The molecule has 0 aliphatic rings. The fourth-order valence-corrected chi connectivity index (χ4v) is 4.10. The van der Waals surface area contributed by atoms with Gasteiger partial charge in [-0.1, -0.05) is 54.6 Å². The highest BCUT2D eigenvalue weighted by atomic mass is 32.1. The van der Waals surface area contributed by atoms with Gasteiger partial charge in [-0.3, -0.25) is 19.6 Å². The highest BCUT2D eigenvalue weighted by molar-refractivity contribution is 7.13. The molecule has 1 amide bonds. The minimum Gasteiger partial charge on any atom is -0.337 e. The Morgan fingerprint density at radius 3 is 2.55 bits per heavy atom. The topological polar surface area (TPSA) is 81.3 Å². The normalized spacial score (nSPS) is 10.7. The van der Waals surface area contributed by atoms with Crippen LogP contribution < -0.4 is 0 Å². The summed E-state index contributed by atoms with van der Waals surface area (Å²) in [5.74, 6) is -0.235. The summed E-state index contributed by atoms with van der Waals surface area (Å²) in [6.45, 7) is 0.671. The molecule has 2 heterocycles. The van der Waals surface area contributed by atoms with E-state index in [1.54, 1.807) is 36.1 Å². The Morgan fingerprint density at radius 2 is 1.84 bits per heavy atom. The van der Waals surface area contributed by atoms with Crippen molar-refractivity contribution in [1.29, 1.82) is 0 Å². The summed E-state index contributed by atoms with van der Waals surface area (Å²) >= 11 is 1.51. The number of para-hydroxylation sites is 1. The van der Waals surface area contributed by atoms with Crippen molar-refractivity contribution < 1.29 is 9.72 Å². The lowest BCUT2D eigenvalue weighted by molar-refractivity contribution is -0.385. The minimum atomic E-state index is -0.428. The van der Waals surface area contributed by atoms with Crippen molar-refractivity contribution in [2.24, 2.45) is 0 Å². The molecule has 0 atom stereocenters. The van der Waals surface area contributed by atoms with E-state index in [1.807, 2.05) is 47.8 Å². The molecule has 0 saturated carbocycles. The summed E-state index contributed by atoms with van der Waals surface area (Å²) < 4.78 is 1.76. The van der Waals surface area contributed by atoms with Crippen molar-refractivity contribution in [3.05, 3.63) is 105 Å². The average molecular weight is 433 g/mol. The first-order valence-electron chi connectivity index (χ1n) is 9.66. The second-order valence-electron chi connectivity index (χ2n) is 7.10. The van der Waals surface area contributed by atoms with Crippen LogP contribution in [0.25, 0.3) is 10.6 Å². The van der Waals surface area contributed by atoms with Crippen LogP contribution in [-0.2, 0) is 13.1 Å². The summed E-state index contributed by atoms with van der Waals surface area (Å²) in [7, 11) is 1.64.